The van der Waals surface area contributed by atoms with Crippen molar-refractivity contribution in [3.8, 4) is 0 Å². The van der Waals surface area contributed by atoms with Crippen LogP contribution in [0.2, 0.25) is 0 Å². The Kier molecular flexibility index (Phi) is 5.34. The molecule has 0 bridgehead atoms. The highest BCUT2D eigenvalue weighted by atomic mass is 16.5. The predicted octanol–water partition coefficient (Wildman–Crippen LogP) is 0.812. The third-order valence-electron chi connectivity index (χ3n) is 3.16. The van der Waals surface area contributed by atoms with Crippen molar-refractivity contribution in [1.82, 2.24) is 20.4 Å². The summed E-state index contributed by atoms with van der Waals surface area (Å²) in [6.07, 6.45) is 2.64. The second kappa shape index (κ2) is 7.23. The van der Waals surface area contributed by atoms with Crippen molar-refractivity contribution < 1.29 is 9.26 Å². The second-order valence-electron chi connectivity index (χ2n) is 5.08. The number of rotatable bonds is 7. The molecule has 0 aromatic carbocycles. The smallest absolute Gasteiger partial charge is 0.246 e. The van der Waals surface area contributed by atoms with E-state index in [0.717, 1.165) is 25.0 Å². The lowest BCUT2D eigenvalue weighted by Crippen LogP contribution is -2.40. The van der Waals surface area contributed by atoms with E-state index in [9.17, 15) is 0 Å². The van der Waals surface area contributed by atoms with Gasteiger partial charge in [0.25, 0.3) is 0 Å². The number of hydrogen-bond donors (Lipinski definition) is 1. The van der Waals surface area contributed by atoms with Crippen molar-refractivity contribution in [2.75, 3.05) is 33.9 Å². The van der Waals surface area contributed by atoms with Gasteiger partial charge in [-0.05, 0) is 25.7 Å². The molecule has 0 spiro atoms. The van der Waals surface area contributed by atoms with E-state index in [2.05, 4.69) is 20.4 Å². The Hall–Kier alpha value is -1.63. The lowest BCUT2D eigenvalue weighted by atomic mass is 10.5. The van der Waals surface area contributed by atoms with E-state index < -0.39 is 0 Å². The molecule has 1 heterocycles. The standard InChI is InChI=1S/C13H23N5O2/c1-10-16-12(20-17-10)8-15-13(14-2)18(3)6-7-19-9-11-4-5-11/h11H,4-9H2,1-3H3,(H,14,15). The summed E-state index contributed by atoms with van der Waals surface area (Å²) in [5.41, 5.74) is 0. The summed E-state index contributed by atoms with van der Waals surface area (Å²) in [5, 5.41) is 6.93. The van der Waals surface area contributed by atoms with E-state index in [1.807, 2.05) is 11.9 Å². The molecule has 1 fully saturated rings. The minimum atomic E-state index is 0.473. The maximum atomic E-state index is 5.62. The van der Waals surface area contributed by atoms with Gasteiger partial charge in [0.15, 0.2) is 11.8 Å². The van der Waals surface area contributed by atoms with Crippen molar-refractivity contribution in [3.05, 3.63) is 11.7 Å². The summed E-state index contributed by atoms with van der Waals surface area (Å²) >= 11 is 0. The lowest BCUT2D eigenvalue weighted by molar-refractivity contribution is 0.115. The van der Waals surface area contributed by atoms with Gasteiger partial charge >= 0.3 is 0 Å². The third-order valence-corrected chi connectivity index (χ3v) is 3.16. The molecule has 0 amide bonds. The molecule has 20 heavy (non-hydrogen) atoms. The number of aliphatic imine (C=N–C) groups is 1. The molecular weight excluding hydrogens is 258 g/mol. The van der Waals surface area contributed by atoms with E-state index in [1.54, 1.807) is 14.0 Å². The molecule has 0 aliphatic heterocycles. The summed E-state index contributed by atoms with van der Waals surface area (Å²) in [7, 11) is 3.73. The summed E-state index contributed by atoms with van der Waals surface area (Å²) in [4.78, 5) is 10.4. The van der Waals surface area contributed by atoms with Gasteiger partial charge < -0.3 is 19.5 Å². The highest BCUT2D eigenvalue weighted by Crippen LogP contribution is 2.28. The molecule has 1 saturated carbocycles. The number of nitrogens with one attached hydrogen (secondary N) is 1. The second-order valence-corrected chi connectivity index (χ2v) is 5.08. The fraction of sp³-hybridized carbons (Fsp3) is 0.769. The first-order valence-corrected chi connectivity index (χ1v) is 6.97. The van der Waals surface area contributed by atoms with Crippen LogP contribution in [0, 0.1) is 12.8 Å². The number of aryl methyl sites for hydroxylation is 1. The van der Waals surface area contributed by atoms with Crippen LogP contribution in [0.5, 0.6) is 0 Å². The molecule has 0 radical (unpaired) electrons. The Labute approximate surface area is 119 Å². The molecule has 7 heteroatoms. The third kappa shape index (κ3) is 4.80. The van der Waals surface area contributed by atoms with Crippen molar-refractivity contribution in [1.29, 1.82) is 0 Å². The Bertz CT molecular complexity index is 442. The minimum Gasteiger partial charge on any atom is -0.379 e. The topological polar surface area (TPSA) is 75.8 Å². The summed E-state index contributed by atoms with van der Waals surface area (Å²) in [5.74, 6) is 2.79. The van der Waals surface area contributed by atoms with Crippen LogP contribution >= 0.6 is 0 Å². The minimum absolute atomic E-state index is 0.473. The Balaban J connectivity index is 1.66. The Morgan fingerprint density at radius 2 is 2.35 bits per heavy atom. The molecule has 112 valence electrons. The zero-order valence-corrected chi connectivity index (χ0v) is 12.4. The van der Waals surface area contributed by atoms with Gasteiger partial charge in [0.05, 0.1) is 13.2 Å². The monoisotopic (exact) mass is 281 g/mol. The van der Waals surface area contributed by atoms with Crippen LogP contribution in [-0.4, -0.2) is 54.9 Å². The van der Waals surface area contributed by atoms with Crippen LogP contribution < -0.4 is 5.32 Å². The van der Waals surface area contributed by atoms with Gasteiger partial charge in [0, 0.05) is 27.2 Å². The maximum absolute atomic E-state index is 5.62. The van der Waals surface area contributed by atoms with E-state index in [1.165, 1.54) is 12.8 Å². The highest BCUT2D eigenvalue weighted by molar-refractivity contribution is 5.79. The summed E-state index contributed by atoms with van der Waals surface area (Å²) in [6, 6.07) is 0. The number of likely N-dealkylation sites (N-methyl/N-ethyl adjacent to an activating group) is 1. The van der Waals surface area contributed by atoms with Gasteiger partial charge in [0.1, 0.15) is 0 Å². The molecule has 7 nitrogen and oxygen atoms in total. The average Bonchev–Trinajstić information content (AvgIpc) is 3.17. The highest BCUT2D eigenvalue weighted by Gasteiger charge is 2.21. The SMILES string of the molecule is CN=C(NCc1nc(C)no1)N(C)CCOCC1CC1. The zero-order valence-electron chi connectivity index (χ0n) is 12.4. The number of aromatic nitrogens is 2. The Morgan fingerprint density at radius 1 is 1.55 bits per heavy atom. The number of ether oxygens (including phenoxy) is 1. The molecule has 1 aromatic heterocycles. The predicted molar refractivity (Wildman–Crippen MR) is 75.4 cm³/mol. The van der Waals surface area contributed by atoms with E-state index >= 15 is 0 Å². The van der Waals surface area contributed by atoms with Crippen molar-refractivity contribution in [2.24, 2.45) is 10.9 Å². The largest absolute Gasteiger partial charge is 0.379 e. The van der Waals surface area contributed by atoms with E-state index in [0.29, 0.717) is 24.9 Å². The number of guanidine groups is 1. The number of hydrogen-bond acceptors (Lipinski definition) is 5. The first-order chi connectivity index (χ1) is 9.69. The van der Waals surface area contributed by atoms with E-state index in [-0.39, 0.29) is 0 Å². The first-order valence-electron chi connectivity index (χ1n) is 6.97. The quantitative estimate of drug-likeness (QED) is 0.453. The summed E-state index contributed by atoms with van der Waals surface area (Å²) < 4.78 is 10.7. The molecule has 0 unspecified atom stereocenters. The van der Waals surface area contributed by atoms with Crippen LogP contribution in [-0.2, 0) is 11.3 Å². The lowest BCUT2D eigenvalue weighted by Gasteiger charge is -2.21. The van der Waals surface area contributed by atoms with Crippen LogP contribution in [0.15, 0.2) is 9.52 Å². The Morgan fingerprint density at radius 3 is 2.95 bits per heavy atom. The molecule has 1 aliphatic rings. The normalized spacial score (nSPS) is 15.4. The average molecular weight is 281 g/mol. The van der Waals surface area contributed by atoms with Crippen LogP contribution in [0.1, 0.15) is 24.6 Å². The van der Waals surface area contributed by atoms with Crippen molar-refractivity contribution >= 4 is 5.96 Å². The van der Waals surface area contributed by atoms with Gasteiger partial charge in [-0.2, -0.15) is 4.98 Å². The molecule has 1 aliphatic carbocycles. The van der Waals surface area contributed by atoms with Gasteiger partial charge in [-0.25, -0.2) is 0 Å². The van der Waals surface area contributed by atoms with E-state index in [4.69, 9.17) is 9.26 Å². The van der Waals surface area contributed by atoms with Gasteiger partial charge in [-0.15, -0.1) is 0 Å². The molecular formula is C13H23N5O2. The molecule has 0 atom stereocenters. The maximum Gasteiger partial charge on any atom is 0.246 e. The van der Waals surface area contributed by atoms with Gasteiger partial charge in [-0.3, -0.25) is 4.99 Å². The molecule has 0 saturated heterocycles. The molecule has 2 rings (SSSR count). The van der Waals surface area contributed by atoms with Crippen molar-refractivity contribution in [2.45, 2.75) is 26.3 Å². The summed E-state index contributed by atoms with van der Waals surface area (Å²) in [6.45, 7) is 4.68. The van der Waals surface area contributed by atoms with Crippen LogP contribution in [0.25, 0.3) is 0 Å². The number of nitrogens with zero attached hydrogens (tertiary/aromatic N) is 4. The zero-order chi connectivity index (χ0) is 14.4. The molecule has 1 N–H and O–H groups in total. The fourth-order valence-electron chi connectivity index (χ4n) is 1.79. The van der Waals surface area contributed by atoms with Gasteiger partial charge in [-0.1, -0.05) is 5.16 Å². The fourth-order valence-corrected chi connectivity index (χ4v) is 1.79. The first kappa shape index (κ1) is 14.8. The van der Waals surface area contributed by atoms with Crippen LogP contribution in [0.4, 0.5) is 0 Å². The molecule has 1 aromatic rings. The van der Waals surface area contributed by atoms with Crippen LogP contribution in [0.3, 0.4) is 0 Å². The van der Waals surface area contributed by atoms with Crippen molar-refractivity contribution in [3.63, 3.8) is 0 Å². The van der Waals surface area contributed by atoms with Gasteiger partial charge in [0.2, 0.25) is 5.89 Å².